The van der Waals surface area contributed by atoms with Gasteiger partial charge in [-0.3, -0.25) is 0 Å². The highest BCUT2D eigenvalue weighted by Crippen LogP contribution is 2.34. The molecule has 0 fully saturated rings. The number of benzene rings is 1. The van der Waals surface area contributed by atoms with Gasteiger partial charge in [0, 0.05) is 12.6 Å². The van der Waals surface area contributed by atoms with Gasteiger partial charge < -0.3 is 15.5 Å². The monoisotopic (exact) mass is 277 g/mol. The van der Waals surface area contributed by atoms with Crippen LogP contribution in [0.5, 0.6) is 0 Å². The molecule has 0 radical (unpaired) electrons. The van der Waals surface area contributed by atoms with Gasteiger partial charge in [0.2, 0.25) is 0 Å². The minimum absolute atomic E-state index is 0.00312. The number of halogens is 3. The van der Waals surface area contributed by atoms with Gasteiger partial charge in [-0.05, 0) is 25.5 Å². The van der Waals surface area contributed by atoms with E-state index in [9.17, 15) is 18.3 Å². The average molecular weight is 277 g/mol. The van der Waals surface area contributed by atoms with Crippen LogP contribution in [0.4, 0.5) is 13.2 Å². The van der Waals surface area contributed by atoms with E-state index in [1.54, 1.807) is 6.92 Å². The topological polar surface area (TPSA) is 52.5 Å². The molecule has 0 aliphatic heterocycles. The largest absolute Gasteiger partial charge is 0.416 e. The van der Waals surface area contributed by atoms with Gasteiger partial charge in [0.15, 0.2) is 0 Å². The predicted octanol–water partition coefficient (Wildman–Crippen LogP) is 2.10. The molecule has 108 valence electrons. The molecule has 3 N–H and O–H groups in total. The normalized spacial score (nSPS) is 17.0. The second kappa shape index (κ2) is 5.90. The molecule has 3 nitrogen and oxygen atoms in total. The van der Waals surface area contributed by atoms with Crippen molar-refractivity contribution in [2.75, 3.05) is 13.2 Å². The molecular weight excluding hydrogens is 259 g/mol. The zero-order valence-corrected chi connectivity index (χ0v) is 10.8. The molecule has 2 atom stereocenters. The summed E-state index contributed by atoms with van der Waals surface area (Å²) in [4.78, 5) is 0. The molecule has 0 saturated carbocycles. The number of alkyl halides is 3. The molecule has 2 unspecified atom stereocenters. The van der Waals surface area contributed by atoms with Crippen LogP contribution in [0.3, 0.4) is 0 Å². The molecule has 19 heavy (non-hydrogen) atoms. The second-order valence-corrected chi connectivity index (χ2v) is 4.84. The van der Waals surface area contributed by atoms with Gasteiger partial charge in [-0.15, -0.1) is 0 Å². The van der Waals surface area contributed by atoms with Crippen LogP contribution >= 0.6 is 0 Å². The van der Waals surface area contributed by atoms with E-state index in [4.69, 9.17) is 5.11 Å². The fourth-order valence-electron chi connectivity index (χ4n) is 1.67. The van der Waals surface area contributed by atoms with Crippen molar-refractivity contribution in [3.05, 3.63) is 35.4 Å². The first-order valence-electron chi connectivity index (χ1n) is 5.90. The molecule has 0 aliphatic rings. The minimum Gasteiger partial charge on any atom is -0.393 e. The van der Waals surface area contributed by atoms with E-state index >= 15 is 0 Å². The van der Waals surface area contributed by atoms with Gasteiger partial charge in [-0.1, -0.05) is 18.2 Å². The second-order valence-electron chi connectivity index (χ2n) is 4.84. The Kier molecular flexibility index (Phi) is 4.95. The Bertz CT molecular complexity index is 419. The molecule has 1 rings (SSSR count). The lowest BCUT2D eigenvalue weighted by Crippen LogP contribution is -2.42. The maximum Gasteiger partial charge on any atom is 0.416 e. The molecule has 1 aromatic carbocycles. The summed E-state index contributed by atoms with van der Waals surface area (Å²) < 4.78 is 38.5. The Hall–Kier alpha value is -1.11. The molecule has 0 bridgehead atoms. The smallest absolute Gasteiger partial charge is 0.393 e. The van der Waals surface area contributed by atoms with Gasteiger partial charge in [0.1, 0.15) is 0 Å². The summed E-state index contributed by atoms with van der Waals surface area (Å²) in [5.41, 5.74) is -1.94. The summed E-state index contributed by atoms with van der Waals surface area (Å²) in [6.45, 7) is 2.52. The Labute approximate surface area is 110 Å². The van der Waals surface area contributed by atoms with Crippen molar-refractivity contribution in [3.63, 3.8) is 0 Å². The Morgan fingerprint density at radius 3 is 2.37 bits per heavy atom. The van der Waals surface area contributed by atoms with Gasteiger partial charge in [-0.2, -0.15) is 13.2 Å². The molecule has 0 spiro atoms. The van der Waals surface area contributed by atoms with Crippen LogP contribution in [-0.4, -0.2) is 29.0 Å². The van der Waals surface area contributed by atoms with Crippen LogP contribution in [0.2, 0.25) is 0 Å². The zero-order valence-electron chi connectivity index (χ0n) is 10.8. The third kappa shape index (κ3) is 4.49. The SMILES string of the molecule is CC(NCC(C)(O)CO)c1ccccc1C(F)(F)F. The summed E-state index contributed by atoms with van der Waals surface area (Å²) in [5.74, 6) is 0. The number of aliphatic hydroxyl groups excluding tert-OH is 1. The Balaban J connectivity index is 2.86. The predicted molar refractivity (Wildman–Crippen MR) is 65.6 cm³/mol. The van der Waals surface area contributed by atoms with E-state index in [0.29, 0.717) is 0 Å². The average Bonchev–Trinajstić information content (AvgIpc) is 2.35. The van der Waals surface area contributed by atoms with Crippen molar-refractivity contribution >= 4 is 0 Å². The highest BCUT2D eigenvalue weighted by molar-refractivity contribution is 5.32. The van der Waals surface area contributed by atoms with Crippen molar-refractivity contribution in [1.29, 1.82) is 0 Å². The molecular formula is C13H18F3NO2. The van der Waals surface area contributed by atoms with E-state index in [2.05, 4.69) is 5.32 Å². The fourth-order valence-corrected chi connectivity index (χ4v) is 1.67. The van der Waals surface area contributed by atoms with E-state index in [-0.39, 0.29) is 12.1 Å². The Morgan fingerprint density at radius 2 is 1.84 bits per heavy atom. The molecule has 0 aliphatic carbocycles. The van der Waals surface area contributed by atoms with E-state index in [0.717, 1.165) is 6.07 Å². The molecule has 6 heteroatoms. The van der Waals surface area contributed by atoms with Crippen LogP contribution in [0.15, 0.2) is 24.3 Å². The summed E-state index contributed by atoms with van der Waals surface area (Å²) >= 11 is 0. The van der Waals surface area contributed by atoms with Crippen LogP contribution in [-0.2, 0) is 6.18 Å². The zero-order chi connectivity index (χ0) is 14.7. The summed E-state index contributed by atoms with van der Waals surface area (Å²) in [6.07, 6.45) is -4.41. The summed E-state index contributed by atoms with van der Waals surface area (Å²) in [6, 6.07) is 4.71. The van der Waals surface area contributed by atoms with Gasteiger partial charge in [0.25, 0.3) is 0 Å². The number of aliphatic hydroxyl groups is 2. The third-order valence-corrected chi connectivity index (χ3v) is 2.86. The van der Waals surface area contributed by atoms with Crippen LogP contribution in [0.1, 0.15) is 31.0 Å². The fraction of sp³-hybridized carbons (Fsp3) is 0.538. The number of hydrogen-bond acceptors (Lipinski definition) is 3. The van der Waals surface area contributed by atoms with Gasteiger partial charge >= 0.3 is 6.18 Å². The van der Waals surface area contributed by atoms with Crippen molar-refractivity contribution in [1.82, 2.24) is 5.32 Å². The van der Waals surface area contributed by atoms with Crippen LogP contribution in [0.25, 0.3) is 0 Å². The van der Waals surface area contributed by atoms with Crippen molar-refractivity contribution < 1.29 is 23.4 Å². The maximum absolute atomic E-state index is 12.8. The lowest BCUT2D eigenvalue weighted by atomic mass is 10.00. The number of nitrogens with one attached hydrogen (secondary N) is 1. The van der Waals surface area contributed by atoms with Gasteiger partial charge in [-0.25, -0.2) is 0 Å². The third-order valence-electron chi connectivity index (χ3n) is 2.86. The quantitative estimate of drug-likeness (QED) is 0.772. The van der Waals surface area contributed by atoms with E-state index < -0.39 is 30.0 Å². The maximum atomic E-state index is 12.8. The van der Waals surface area contributed by atoms with E-state index in [1.807, 2.05) is 0 Å². The van der Waals surface area contributed by atoms with Crippen molar-refractivity contribution in [2.24, 2.45) is 0 Å². The lowest BCUT2D eigenvalue weighted by Gasteiger charge is -2.25. The molecule has 0 saturated heterocycles. The minimum atomic E-state index is -4.41. The summed E-state index contributed by atoms with van der Waals surface area (Å²) in [7, 11) is 0. The first kappa shape index (κ1) is 15.9. The highest BCUT2D eigenvalue weighted by Gasteiger charge is 2.34. The molecule has 1 aromatic rings. The molecule has 0 heterocycles. The molecule has 0 amide bonds. The van der Waals surface area contributed by atoms with E-state index in [1.165, 1.54) is 25.1 Å². The number of rotatable bonds is 5. The standard InChI is InChI=1S/C13H18F3NO2/c1-9(17-7-12(2,19)8-18)10-5-3-4-6-11(10)13(14,15)16/h3-6,9,17-19H,7-8H2,1-2H3. The van der Waals surface area contributed by atoms with Crippen LogP contribution in [0, 0.1) is 0 Å². The Morgan fingerprint density at radius 1 is 1.26 bits per heavy atom. The molecule has 0 aromatic heterocycles. The number of hydrogen-bond donors (Lipinski definition) is 3. The van der Waals surface area contributed by atoms with Gasteiger partial charge in [0.05, 0.1) is 17.8 Å². The lowest BCUT2D eigenvalue weighted by molar-refractivity contribution is -0.138. The first-order chi connectivity index (χ1) is 8.67. The summed E-state index contributed by atoms with van der Waals surface area (Å²) in [5, 5.41) is 21.3. The van der Waals surface area contributed by atoms with Crippen molar-refractivity contribution in [3.8, 4) is 0 Å². The van der Waals surface area contributed by atoms with Crippen LogP contribution < -0.4 is 5.32 Å². The first-order valence-corrected chi connectivity index (χ1v) is 5.90. The van der Waals surface area contributed by atoms with Crippen molar-refractivity contribution in [2.45, 2.75) is 31.7 Å². The highest BCUT2D eigenvalue weighted by atomic mass is 19.4.